The SMILES string of the molecule is N#Cc1ccccc1Oc1nc(NN)ncc1[N+](=O)[O-]. The van der Waals surface area contributed by atoms with E-state index < -0.39 is 10.6 Å². The molecule has 3 N–H and O–H groups in total. The molecule has 0 spiro atoms. The number of hydrogen-bond donors (Lipinski definition) is 2. The van der Waals surface area contributed by atoms with Crippen LogP contribution in [-0.2, 0) is 0 Å². The normalized spacial score (nSPS) is 9.60. The third-order valence-electron chi connectivity index (χ3n) is 2.28. The van der Waals surface area contributed by atoms with Crippen molar-refractivity contribution >= 4 is 11.6 Å². The van der Waals surface area contributed by atoms with Crippen LogP contribution in [0.4, 0.5) is 11.6 Å². The van der Waals surface area contributed by atoms with Crippen LogP contribution in [0.5, 0.6) is 11.6 Å². The number of anilines is 1. The minimum atomic E-state index is -0.690. The van der Waals surface area contributed by atoms with Crippen molar-refractivity contribution in [1.29, 1.82) is 5.26 Å². The Kier molecular flexibility index (Phi) is 3.69. The molecule has 0 amide bonds. The number of nitrogen functional groups attached to an aromatic ring is 1. The van der Waals surface area contributed by atoms with Gasteiger partial charge in [0.1, 0.15) is 18.0 Å². The van der Waals surface area contributed by atoms with E-state index in [1.165, 1.54) is 12.1 Å². The highest BCUT2D eigenvalue weighted by molar-refractivity contribution is 5.49. The number of nitriles is 1. The van der Waals surface area contributed by atoms with Crippen LogP contribution in [-0.4, -0.2) is 14.9 Å². The molecule has 0 unspecified atom stereocenters. The van der Waals surface area contributed by atoms with Gasteiger partial charge < -0.3 is 4.74 Å². The first-order valence-corrected chi connectivity index (χ1v) is 5.30. The van der Waals surface area contributed by atoms with E-state index in [1.807, 2.05) is 6.07 Å². The van der Waals surface area contributed by atoms with Crippen molar-refractivity contribution in [3.8, 4) is 17.7 Å². The lowest BCUT2D eigenvalue weighted by Gasteiger charge is -2.07. The Morgan fingerprint density at radius 3 is 2.85 bits per heavy atom. The van der Waals surface area contributed by atoms with Crippen molar-refractivity contribution in [2.75, 3.05) is 5.43 Å². The van der Waals surface area contributed by atoms with E-state index in [0.717, 1.165) is 6.20 Å². The van der Waals surface area contributed by atoms with Gasteiger partial charge in [0.05, 0.1) is 10.5 Å². The summed E-state index contributed by atoms with van der Waals surface area (Å²) in [6.07, 6.45) is 0.965. The van der Waals surface area contributed by atoms with Crippen molar-refractivity contribution in [2.24, 2.45) is 5.84 Å². The van der Waals surface area contributed by atoms with Crippen molar-refractivity contribution in [3.63, 3.8) is 0 Å². The Morgan fingerprint density at radius 1 is 1.45 bits per heavy atom. The summed E-state index contributed by atoms with van der Waals surface area (Å²) in [7, 11) is 0. The third kappa shape index (κ3) is 2.60. The van der Waals surface area contributed by atoms with Gasteiger partial charge in [-0.2, -0.15) is 10.2 Å². The smallest absolute Gasteiger partial charge is 0.349 e. The third-order valence-corrected chi connectivity index (χ3v) is 2.28. The van der Waals surface area contributed by atoms with Crippen molar-refractivity contribution < 1.29 is 9.66 Å². The highest BCUT2D eigenvalue weighted by Gasteiger charge is 2.20. The van der Waals surface area contributed by atoms with E-state index in [-0.39, 0.29) is 23.1 Å². The van der Waals surface area contributed by atoms with Crippen molar-refractivity contribution in [2.45, 2.75) is 0 Å². The number of rotatable bonds is 4. The van der Waals surface area contributed by atoms with E-state index in [1.54, 1.807) is 12.1 Å². The molecule has 0 aliphatic rings. The molecule has 9 heteroatoms. The minimum Gasteiger partial charge on any atom is -0.432 e. The number of nitrogens with two attached hydrogens (primary N) is 1. The fraction of sp³-hybridized carbons (Fsp3) is 0. The lowest BCUT2D eigenvalue weighted by Crippen LogP contribution is -2.11. The van der Waals surface area contributed by atoms with Crippen LogP contribution < -0.4 is 16.0 Å². The molecule has 0 radical (unpaired) electrons. The number of nitro groups is 1. The lowest BCUT2D eigenvalue weighted by molar-refractivity contribution is -0.386. The summed E-state index contributed by atoms with van der Waals surface area (Å²) >= 11 is 0. The first kappa shape index (κ1) is 13.2. The van der Waals surface area contributed by atoms with Crippen LogP contribution in [0.15, 0.2) is 30.5 Å². The van der Waals surface area contributed by atoms with Crippen LogP contribution in [0.25, 0.3) is 0 Å². The number of hydrogen-bond acceptors (Lipinski definition) is 8. The molecule has 2 aromatic rings. The molecular weight excluding hydrogens is 264 g/mol. The lowest BCUT2D eigenvalue weighted by atomic mass is 10.2. The largest absolute Gasteiger partial charge is 0.432 e. The van der Waals surface area contributed by atoms with E-state index in [4.69, 9.17) is 15.8 Å². The summed E-state index contributed by atoms with van der Waals surface area (Å²) in [5.74, 6) is 4.95. The first-order valence-electron chi connectivity index (χ1n) is 5.30. The van der Waals surface area contributed by atoms with Gasteiger partial charge in [-0.25, -0.2) is 10.8 Å². The molecule has 1 aromatic heterocycles. The van der Waals surface area contributed by atoms with Crippen LogP contribution in [0, 0.1) is 21.4 Å². The van der Waals surface area contributed by atoms with Gasteiger partial charge in [0.2, 0.25) is 5.95 Å². The van der Waals surface area contributed by atoms with E-state index in [9.17, 15) is 10.1 Å². The van der Waals surface area contributed by atoms with Crippen molar-refractivity contribution in [3.05, 3.63) is 46.1 Å². The molecule has 0 aliphatic heterocycles. The van der Waals surface area contributed by atoms with Crippen molar-refractivity contribution in [1.82, 2.24) is 9.97 Å². The number of nitrogens with zero attached hydrogens (tertiary/aromatic N) is 4. The van der Waals surface area contributed by atoms with Gasteiger partial charge in [-0.3, -0.25) is 15.5 Å². The zero-order valence-corrected chi connectivity index (χ0v) is 9.98. The summed E-state index contributed by atoms with van der Waals surface area (Å²) < 4.78 is 5.32. The fourth-order valence-electron chi connectivity index (χ4n) is 1.38. The number of benzene rings is 1. The zero-order chi connectivity index (χ0) is 14.5. The Balaban J connectivity index is 2.46. The molecule has 0 saturated heterocycles. The molecular formula is C11H8N6O3. The van der Waals surface area contributed by atoms with E-state index in [2.05, 4.69) is 15.4 Å². The van der Waals surface area contributed by atoms with Crippen LogP contribution in [0.2, 0.25) is 0 Å². The number of nitrogens with one attached hydrogen (secondary N) is 1. The van der Waals surface area contributed by atoms with Crippen LogP contribution in [0.3, 0.4) is 0 Å². The Morgan fingerprint density at radius 2 is 2.20 bits per heavy atom. The standard InChI is InChI=1S/C11H8N6O3/c12-5-7-3-1-2-4-9(7)20-10-8(17(18)19)6-14-11(15-10)16-13/h1-4,6H,13H2,(H,14,15,16). The highest BCUT2D eigenvalue weighted by atomic mass is 16.6. The first-order chi connectivity index (χ1) is 9.65. The van der Waals surface area contributed by atoms with Gasteiger partial charge >= 0.3 is 11.6 Å². The Hall–Kier alpha value is -3.25. The predicted octanol–water partition coefficient (Wildman–Crippen LogP) is 1.33. The molecule has 0 fully saturated rings. The average molecular weight is 272 g/mol. The molecule has 20 heavy (non-hydrogen) atoms. The van der Waals surface area contributed by atoms with Gasteiger partial charge in [0.25, 0.3) is 0 Å². The maximum absolute atomic E-state index is 10.9. The summed E-state index contributed by atoms with van der Waals surface area (Å²) in [4.78, 5) is 17.6. The molecule has 2 rings (SSSR count). The van der Waals surface area contributed by atoms with Gasteiger partial charge in [0, 0.05) is 0 Å². The number of aromatic nitrogens is 2. The summed E-state index contributed by atoms with van der Waals surface area (Å²) in [6, 6.07) is 8.21. The molecule has 0 atom stereocenters. The molecule has 0 saturated carbocycles. The number of ether oxygens (including phenoxy) is 1. The average Bonchev–Trinajstić information content (AvgIpc) is 2.47. The topological polar surface area (TPSA) is 140 Å². The van der Waals surface area contributed by atoms with Gasteiger partial charge in [-0.15, -0.1) is 0 Å². The van der Waals surface area contributed by atoms with Gasteiger partial charge in [-0.05, 0) is 12.1 Å². The predicted molar refractivity (Wildman–Crippen MR) is 67.7 cm³/mol. The second kappa shape index (κ2) is 5.59. The van der Waals surface area contributed by atoms with Gasteiger partial charge in [0.15, 0.2) is 0 Å². The zero-order valence-electron chi connectivity index (χ0n) is 9.98. The second-order valence-electron chi connectivity index (χ2n) is 3.50. The highest BCUT2D eigenvalue weighted by Crippen LogP contribution is 2.30. The molecule has 9 nitrogen and oxygen atoms in total. The minimum absolute atomic E-state index is 0.0416. The Bertz CT molecular complexity index is 697. The van der Waals surface area contributed by atoms with E-state index in [0.29, 0.717) is 0 Å². The molecule has 0 bridgehead atoms. The van der Waals surface area contributed by atoms with Gasteiger partial charge in [-0.1, -0.05) is 12.1 Å². The fourth-order valence-corrected chi connectivity index (χ4v) is 1.38. The monoisotopic (exact) mass is 272 g/mol. The molecule has 0 aliphatic carbocycles. The summed E-state index contributed by atoms with van der Waals surface area (Å²) in [5, 5.41) is 19.8. The van der Waals surface area contributed by atoms with Crippen LogP contribution >= 0.6 is 0 Å². The maximum Gasteiger partial charge on any atom is 0.349 e. The van der Waals surface area contributed by atoms with E-state index >= 15 is 0 Å². The molecule has 1 heterocycles. The molecule has 1 aromatic carbocycles. The van der Waals surface area contributed by atoms with Crippen LogP contribution in [0.1, 0.15) is 5.56 Å². The quantitative estimate of drug-likeness (QED) is 0.482. The molecule has 100 valence electrons. The maximum atomic E-state index is 10.9. The number of para-hydroxylation sites is 1. The Labute approximate surface area is 112 Å². The number of hydrazine groups is 1. The summed E-state index contributed by atoms with van der Waals surface area (Å²) in [5.41, 5.74) is 1.95. The second-order valence-corrected chi connectivity index (χ2v) is 3.50. The summed E-state index contributed by atoms with van der Waals surface area (Å²) in [6.45, 7) is 0.